The van der Waals surface area contributed by atoms with Crippen molar-refractivity contribution >= 4 is 0 Å². The largest absolute Gasteiger partial charge is 0.332 e. The minimum absolute atomic E-state index is 0.0924. The lowest BCUT2D eigenvalue weighted by Crippen LogP contribution is -2.29. The van der Waals surface area contributed by atoms with Gasteiger partial charge in [-0.05, 0) is 19.1 Å². The zero-order valence-electron chi connectivity index (χ0n) is 9.10. The van der Waals surface area contributed by atoms with E-state index in [1.54, 1.807) is 18.2 Å². The number of H-pyrrole nitrogens is 1. The molecule has 0 spiro atoms. The van der Waals surface area contributed by atoms with Crippen LogP contribution in [-0.2, 0) is 0 Å². The van der Waals surface area contributed by atoms with Crippen molar-refractivity contribution in [1.82, 2.24) is 9.55 Å². The summed E-state index contributed by atoms with van der Waals surface area (Å²) in [5.41, 5.74) is 0.351. The zero-order valence-corrected chi connectivity index (χ0v) is 9.10. The van der Waals surface area contributed by atoms with Crippen LogP contribution < -0.4 is 11.2 Å². The summed E-state index contributed by atoms with van der Waals surface area (Å²) in [5.74, 6) is 0. The maximum absolute atomic E-state index is 11.6. The van der Waals surface area contributed by atoms with Crippen molar-refractivity contribution in [3.05, 3.63) is 62.4 Å². The molecule has 0 aliphatic rings. The Morgan fingerprint density at radius 2 is 1.88 bits per heavy atom. The van der Waals surface area contributed by atoms with Gasteiger partial charge < -0.3 is 0 Å². The number of rotatable bonds is 1. The van der Waals surface area contributed by atoms with Crippen LogP contribution in [0, 0.1) is 18.3 Å². The molecule has 84 valence electrons. The molecular formula is C12H9N3O2. The van der Waals surface area contributed by atoms with Crippen molar-refractivity contribution in [3.63, 3.8) is 0 Å². The van der Waals surface area contributed by atoms with Gasteiger partial charge in [-0.3, -0.25) is 14.3 Å². The monoisotopic (exact) mass is 227 g/mol. The number of aromatic amines is 1. The molecule has 17 heavy (non-hydrogen) atoms. The first kappa shape index (κ1) is 10.9. The predicted molar refractivity (Wildman–Crippen MR) is 62.1 cm³/mol. The molecule has 0 saturated heterocycles. The van der Waals surface area contributed by atoms with E-state index in [0.29, 0.717) is 5.69 Å². The number of nitriles is 1. The molecule has 1 aromatic heterocycles. The highest BCUT2D eigenvalue weighted by Crippen LogP contribution is 2.06. The molecule has 2 rings (SSSR count). The molecule has 1 aromatic carbocycles. The topological polar surface area (TPSA) is 78.7 Å². The molecule has 0 unspecified atom stereocenters. The standard InChI is InChI=1S/C12H9N3O2/c1-8-2-4-10(5-3-8)15-7-9(6-13)11(16)14-12(15)17/h2-5,7H,1H3,(H,14,16,17). The molecule has 0 amide bonds. The Kier molecular flexibility index (Phi) is 2.63. The second-order valence-electron chi connectivity index (χ2n) is 3.62. The van der Waals surface area contributed by atoms with Crippen molar-refractivity contribution in [3.8, 4) is 11.8 Å². The fraction of sp³-hybridized carbons (Fsp3) is 0.0833. The van der Waals surface area contributed by atoms with Crippen LogP contribution in [0.4, 0.5) is 0 Å². The third-order valence-electron chi connectivity index (χ3n) is 2.37. The van der Waals surface area contributed by atoms with Gasteiger partial charge in [0.05, 0.1) is 5.69 Å². The van der Waals surface area contributed by atoms with Gasteiger partial charge in [0.1, 0.15) is 11.6 Å². The highest BCUT2D eigenvalue weighted by Gasteiger charge is 2.05. The Hall–Kier alpha value is -2.61. The summed E-state index contributed by atoms with van der Waals surface area (Å²) in [6, 6.07) is 8.93. The van der Waals surface area contributed by atoms with Gasteiger partial charge in [-0.25, -0.2) is 4.79 Å². The minimum atomic E-state index is -0.666. The van der Waals surface area contributed by atoms with E-state index in [9.17, 15) is 9.59 Å². The molecule has 1 N–H and O–H groups in total. The number of nitrogens with zero attached hydrogens (tertiary/aromatic N) is 2. The van der Waals surface area contributed by atoms with Crippen LogP contribution in [0.5, 0.6) is 0 Å². The SMILES string of the molecule is Cc1ccc(-n2cc(C#N)c(=O)[nH]c2=O)cc1. The third kappa shape index (κ3) is 2.01. The van der Waals surface area contributed by atoms with E-state index < -0.39 is 11.2 Å². The van der Waals surface area contributed by atoms with Gasteiger partial charge >= 0.3 is 5.69 Å². The van der Waals surface area contributed by atoms with Gasteiger partial charge in [-0.1, -0.05) is 17.7 Å². The first-order valence-corrected chi connectivity index (χ1v) is 4.95. The van der Waals surface area contributed by atoms with Crippen LogP contribution >= 0.6 is 0 Å². The van der Waals surface area contributed by atoms with E-state index in [2.05, 4.69) is 4.98 Å². The smallest absolute Gasteiger partial charge is 0.273 e. The normalized spacial score (nSPS) is 9.88. The van der Waals surface area contributed by atoms with E-state index in [-0.39, 0.29) is 5.56 Å². The first-order chi connectivity index (χ1) is 8.11. The molecular weight excluding hydrogens is 218 g/mol. The maximum Gasteiger partial charge on any atom is 0.332 e. The highest BCUT2D eigenvalue weighted by molar-refractivity contribution is 5.36. The Balaban J connectivity index is 2.68. The zero-order chi connectivity index (χ0) is 12.4. The van der Waals surface area contributed by atoms with E-state index in [0.717, 1.165) is 5.56 Å². The first-order valence-electron chi connectivity index (χ1n) is 4.95. The van der Waals surface area contributed by atoms with Gasteiger partial charge in [0.15, 0.2) is 0 Å². The Labute approximate surface area is 96.6 Å². The molecule has 1 heterocycles. The molecule has 2 aromatic rings. The van der Waals surface area contributed by atoms with Crippen molar-refractivity contribution in [1.29, 1.82) is 5.26 Å². The van der Waals surface area contributed by atoms with Crippen LogP contribution in [0.25, 0.3) is 5.69 Å². The highest BCUT2D eigenvalue weighted by atomic mass is 16.2. The molecule has 5 heteroatoms. The van der Waals surface area contributed by atoms with E-state index in [1.807, 2.05) is 19.1 Å². The van der Waals surface area contributed by atoms with Crippen molar-refractivity contribution in [2.24, 2.45) is 0 Å². The molecule has 0 aliphatic heterocycles. The van der Waals surface area contributed by atoms with Crippen LogP contribution in [-0.4, -0.2) is 9.55 Å². The van der Waals surface area contributed by atoms with Crippen LogP contribution in [0.3, 0.4) is 0 Å². The van der Waals surface area contributed by atoms with Crippen LogP contribution in [0.15, 0.2) is 40.1 Å². The lowest BCUT2D eigenvalue weighted by atomic mass is 10.2. The quantitative estimate of drug-likeness (QED) is 0.779. The third-order valence-corrected chi connectivity index (χ3v) is 2.37. The van der Waals surface area contributed by atoms with E-state index in [1.165, 1.54) is 10.8 Å². The summed E-state index contributed by atoms with van der Waals surface area (Å²) in [7, 11) is 0. The molecule has 0 fully saturated rings. The number of hydrogen-bond acceptors (Lipinski definition) is 3. The Morgan fingerprint density at radius 1 is 1.24 bits per heavy atom. The van der Waals surface area contributed by atoms with E-state index in [4.69, 9.17) is 5.26 Å². The van der Waals surface area contributed by atoms with Gasteiger partial charge in [-0.2, -0.15) is 5.26 Å². The van der Waals surface area contributed by atoms with Gasteiger partial charge in [0, 0.05) is 6.20 Å². The molecule has 5 nitrogen and oxygen atoms in total. The number of aryl methyl sites for hydroxylation is 1. The number of hydrogen-bond donors (Lipinski definition) is 1. The van der Waals surface area contributed by atoms with Gasteiger partial charge in [0.25, 0.3) is 5.56 Å². The summed E-state index contributed by atoms with van der Waals surface area (Å²) in [6.45, 7) is 1.93. The number of aromatic nitrogens is 2. The average molecular weight is 227 g/mol. The number of nitrogens with one attached hydrogen (secondary N) is 1. The van der Waals surface area contributed by atoms with Crippen molar-refractivity contribution in [2.45, 2.75) is 6.92 Å². The molecule has 0 radical (unpaired) electrons. The van der Waals surface area contributed by atoms with E-state index >= 15 is 0 Å². The molecule has 0 bridgehead atoms. The van der Waals surface area contributed by atoms with Gasteiger partial charge in [0.2, 0.25) is 0 Å². The Morgan fingerprint density at radius 3 is 2.47 bits per heavy atom. The molecule has 0 aliphatic carbocycles. The summed E-state index contributed by atoms with van der Waals surface area (Å²) >= 11 is 0. The van der Waals surface area contributed by atoms with Gasteiger partial charge in [-0.15, -0.1) is 0 Å². The lowest BCUT2D eigenvalue weighted by Gasteiger charge is -2.05. The van der Waals surface area contributed by atoms with Crippen LogP contribution in [0.1, 0.15) is 11.1 Å². The second-order valence-corrected chi connectivity index (χ2v) is 3.62. The summed E-state index contributed by atoms with van der Waals surface area (Å²) in [5, 5.41) is 8.74. The fourth-order valence-corrected chi connectivity index (χ4v) is 1.45. The molecule has 0 atom stereocenters. The number of benzene rings is 1. The predicted octanol–water partition coefficient (Wildman–Crippen LogP) is 0.706. The second kappa shape index (κ2) is 4.10. The van der Waals surface area contributed by atoms with Crippen molar-refractivity contribution in [2.75, 3.05) is 0 Å². The van der Waals surface area contributed by atoms with Crippen molar-refractivity contribution < 1.29 is 0 Å². The minimum Gasteiger partial charge on any atom is -0.273 e. The summed E-state index contributed by atoms with van der Waals surface area (Å²) in [4.78, 5) is 24.9. The maximum atomic E-state index is 11.6. The molecule has 0 saturated carbocycles. The van der Waals surface area contributed by atoms with Crippen LogP contribution in [0.2, 0.25) is 0 Å². The Bertz CT molecular complexity index is 702. The lowest BCUT2D eigenvalue weighted by molar-refractivity contribution is 0.889. The fourth-order valence-electron chi connectivity index (χ4n) is 1.45. The summed E-state index contributed by atoms with van der Waals surface area (Å²) in [6.07, 6.45) is 1.24. The summed E-state index contributed by atoms with van der Waals surface area (Å²) < 4.78 is 1.24. The average Bonchev–Trinajstić information content (AvgIpc) is 2.31.